The highest BCUT2D eigenvalue weighted by Gasteiger charge is 2.41. The average Bonchev–Trinajstić information content (AvgIpc) is 3.50. The van der Waals surface area contributed by atoms with Gasteiger partial charge in [0.05, 0.1) is 30.5 Å². The van der Waals surface area contributed by atoms with Crippen LogP contribution in [-0.2, 0) is 43.2 Å². The van der Waals surface area contributed by atoms with Crippen molar-refractivity contribution in [1.29, 1.82) is 0 Å². The zero-order chi connectivity index (χ0) is 46.0. The Hall–Kier alpha value is -4.31. The Morgan fingerprint density at radius 2 is 1.68 bits per heavy atom. The molecule has 60 heavy (non-hydrogen) atoms. The molecule has 0 saturated carbocycles. The first-order chi connectivity index (χ1) is 27.5. The Labute approximate surface area is 355 Å². The predicted octanol–water partition coefficient (Wildman–Crippen LogP) is 1.32. The van der Waals surface area contributed by atoms with Crippen LogP contribution in [0.15, 0.2) is 16.0 Å². The van der Waals surface area contributed by atoms with Crippen molar-refractivity contribution in [2.75, 3.05) is 39.9 Å². The lowest BCUT2D eigenvalue weighted by molar-refractivity contribution is -0.156. The molecule has 1 aliphatic rings. The summed E-state index contributed by atoms with van der Waals surface area (Å²) in [6.07, 6.45) is -0.0951. The molecular weight excluding hydrogens is 817 g/mol. The SMILES string of the molecule is COc1cc(C)c(S(=O)(=O)NC(N)=NCCC[C@H](NC(=O)[C@@H]2C[C@H](NC(=O)[C@@H](N)CC(=O)OC(C)(C)C)CN2CCO[Si](C)(C)C(C)(C)C)C(=O)NCC(=O)O)c(C)c1C. The number of carboxylic acids is 1. The van der Waals surface area contributed by atoms with Crippen molar-refractivity contribution in [1.82, 2.24) is 25.6 Å². The van der Waals surface area contributed by atoms with E-state index in [0.29, 0.717) is 35.6 Å². The molecule has 19 nitrogen and oxygen atoms in total. The van der Waals surface area contributed by atoms with Crippen LogP contribution in [0.2, 0.25) is 18.1 Å². The van der Waals surface area contributed by atoms with Crippen LogP contribution in [-0.4, -0.2) is 132 Å². The minimum atomic E-state index is -4.14. The van der Waals surface area contributed by atoms with Crippen molar-refractivity contribution in [2.45, 2.75) is 141 Å². The number of nitrogens with zero attached hydrogens (tertiary/aromatic N) is 2. The largest absolute Gasteiger partial charge is 0.496 e. The first-order valence-electron chi connectivity index (χ1n) is 19.9. The van der Waals surface area contributed by atoms with E-state index in [2.05, 4.69) is 59.5 Å². The number of aliphatic imine (C=N–C) groups is 1. The molecule has 9 N–H and O–H groups in total. The van der Waals surface area contributed by atoms with E-state index < -0.39 is 90.3 Å². The van der Waals surface area contributed by atoms with Crippen molar-refractivity contribution in [3.63, 3.8) is 0 Å². The molecule has 1 heterocycles. The summed E-state index contributed by atoms with van der Waals surface area (Å²) >= 11 is 0. The Bertz CT molecular complexity index is 1860. The van der Waals surface area contributed by atoms with Crippen LogP contribution in [0.1, 0.15) is 83.9 Å². The van der Waals surface area contributed by atoms with Crippen LogP contribution in [0.4, 0.5) is 0 Å². The van der Waals surface area contributed by atoms with Gasteiger partial charge in [-0.25, -0.2) is 13.1 Å². The summed E-state index contributed by atoms with van der Waals surface area (Å²) in [7, 11) is -4.81. The van der Waals surface area contributed by atoms with E-state index in [-0.39, 0.29) is 48.7 Å². The van der Waals surface area contributed by atoms with Gasteiger partial charge in [-0.15, -0.1) is 0 Å². The molecule has 1 aromatic carbocycles. The lowest BCUT2D eigenvalue weighted by atomic mass is 10.1. The Morgan fingerprint density at radius 3 is 2.25 bits per heavy atom. The fourth-order valence-corrected chi connectivity index (χ4v) is 8.83. The third-order valence-corrected chi connectivity index (χ3v) is 16.7. The molecule has 340 valence electrons. The number of aryl methyl sites for hydroxylation is 1. The van der Waals surface area contributed by atoms with E-state index >= 15 is 0 Å². The van der Waals surface area contributed by atoms with Gasteiger partial charge in [0.2, 0.25) is 23.7 Å². The maximum Gasteiger partial charge on any atom is 0.322 e. The summed E-state index contributed by atoms with van der Waals surface area (Å²) in [6.45, 7) is 20.8. The summed E-state index contributed by atoms with van der Waals surface area (Å²) in [5, 5.41) is 17.0. The second kappa shape index (κ2) is 21.5. The number of sulfonamides is 1. The highest BCUT2D eigenvalue weighted by atomic mass is 32.2. The second-order valence-electron chi connectivity index (χ2n) is 17.6. The number of ether oxygens (including phenoxy) is 2. The van der Waals surface area contributed by atoms with Crippen LogP contribution in [0, 0.1) is 20.8 Å². The fourth-order valence-electron chi connectivity index (χ4n) is 6.31. The lowest BCUT2D eigenvalue weighted by Crippen LogP contribution is -2.53. The molecular formula is C39H68N8O11SSi. The number of guanidine groups is 1. The summed E-state index contributed by atoms with van der Waals surface area (Å²) < 4.78 is 45.9. The number of hydrogen-bond donors (Lipinski definition) is 7. The van der Waals surface area contributed by atoms with Crippen LogP contribution >= 0.6 is 0 Å². The number of nitrogens with two attached hydrogens (primary N) is 2. The predicted molar refractivity (Wildman–Crippen MR) is 229 cm³/mol. The number of carbonyl (C=O) groups is 5. The van der Waals surface area contributed by atoms with Gasteiger partial charge in [0.1, 0.15) is 23.9 Å². The Kier molecular flexibility index (Phi) is 18.5. The van der Waals surface area contributed by atoms with Crippen molar-refractivity contribution < 1.29 is 51.4 Å². The lowest BCUT2D eigenvalue weighted by Gasteiger charge is -2.37. The fraction of sp³-hybridized carbons (Fsp3) is 0.692. The smallest absolute Gasteiger partial charge is 0.322 e. The van der Waals surface area contributed by atoms with Crippen molar-refractivity contribution in [3.05, 3.63) is 22.8 Å². The third kappa shape index (κ3) is 15.6. The Morgan fingerprint density at radius 1 is 1.05 bits per heavy atom. The number of hydrogen-bond acceptors (Lipinski definition) is 13. The monoisotopic (exact) mass is 884 g/mol. The molecule has 0 unspecified atom stereocenters. The molecule has 4 atom stereocenters. The van der Waals surface area contributed by atoms with Gasteiger partial charge < -0.3 is 46.4 Å². The summed E-state index contributed by atoms with van der Waals surface area (Å²) in [4.78, 5) is 70.0. The standard InChI is InChI=1S/C39H68N8O11SSi/c1-23-18-30(56-10)24(2)25(3)33(23)59(54,55)46-37(41)42-15-13-14-28(35(52)43-21-31(48)49)45-36(53)29-19-26(22-47(29)16-17-57-60(11,12)39(7,8)9)44-34(51)27(40)20-32(50)58-38(4,5)6/h18,26-29H,13-17,19-22,40H2,1-12H3,(H,43,52)(H,44,51)(H,45,53)(H,48,49)(H3,41,42,46)/t26-,27-,28-,29-/m0/s1. The number of rotatable bonds is 20. The first-order valence-corrected chi connectivity index (χ1v) is 24.3. The van der Waals surface area contributed by atoms with Crippen LogP contribution in [0.5, 0.6) is 5.75 Å². The number of carboxylic acid groups (broad SMARTS) is 1. The highest BCUT2D eigenvalue weighted by molar-refractivity contribution is 7.90. The molecule has 1 fully saturated rings. The van der Waals surface area contributed by atoms with Gasteiger partial charge in [-0.1, -0.05) is 20.8 Å². The topological polar surface area (TPSA) is 283 Å². The number of aliphatic carboxylic acids is 1. The molecule has 0 bridgehead atoms. The maximum absolute atomic E-state index is 14.0. The van der Waals surface area contributed by atoms with Crippen molar-refractivity contribution in [2.24, 2.45) is 16.5 Å². The van der Waals surface area contributed by atoms with Gasteiger partial charge in [0.25, 0.3) is 10.0 Å². The van der Waals surface area contributed by atoms with Gasteiger partial charge in [0, 0.05) is 32.3 Å². The number of likely N-dealkylation sites (tertiary alicyclic amines) is 1. The quantitative estimate of drug-likeness (QED) is 0.0320. The number of methoxy groups -OCH3 is 1. The highest BCUT2D eigenvalue weighted by Crippen LogP contribution is 2.36. The normalized spacial score (nSPS) is 17.6. The molecule has 0 aliphatic carbocycles. The van der Waals surface area contributed by atoms with Gasteiger partial charge in [-0.3, -0.25) is 33.9 Å². The van der Waals surface area contributed by atoms with E-state index in [9.17, 15) is 37.5 Å². The molecule has 0 spiro atoms. The maximum atomic E-state index is 14.0. The van der Waals surface area contributed by atoms with E-state index in [1.807, 2.05) is 4.90 Å². The number of benzene rings is 1. The minimum Gasteiger partial charge on any atom is -0.496 e. The Balaban J connectivity index is 2.25. The third-order valence-electron chi connectivity index (χ3n) is 10.5. The first kappa shape index (κ1) is 51.8. The number of esters is 1. The zero-order valence-electron chi connectivity index (χ0n) is 37.2. The van der Waals surface area contributed by atoms with Crippen LogP contribution < -0.4 is 36.9 Å². The van der Waals surface area contributed by atoms with Gasteiger partial charge in [0.15, 0.2) is 8.32 Å². The van der Waals surface area contributed by atoms with Crippen LogP contribution in [0.25, 0.3) is 0 Å². The number of nitrogens with one attached hydrogen (secondary N) is 4. The van der Waals surface area contributed by atoms with E-state index in [1.165, 1.54) is 7.11 Å². The number of carbonyl (C=O) groups excluding carboxylic acids is 4. The molecule has 1 saturated heterocycles. The van der Waals surface area contributed by atoms with Crippen molar-refractivity contribution >= 4 is 54.0 Å². The molecule has 1 aromatic rings. The molecule has 0 radical (unpaired) electrons. The van der Waals surface area contributed by atoms with E-state index in [1.54, 1.807) is 47.6 Å². The summed E-state index contributed by atoms with van der Waals surface area (Å²) in [5.74, 6) is -3.67. The van der Waals surface area contributed by atoms with Gasteiger partial charge in [-0.2, -0.15) is 0 Å². The van der Waals surface area contributed by atoms with Gasteiger partial charge in [-0.05, 0) is 102 Å². The van der Waals surface area contributed by atoms with E-state index in [4.69, 9.17) is 25.4 Å². The minimum absolute atomic E-state index is 0.0164. The van der Waals surface area contributed by atoms with E-state index in [0.717, 1.165) is 0 Å². The van der Waals surface area contributed by atoms with Crippen molar-refractivity contribution in [3.8, 4) is 5.75 Å². The summed E-state index contributed by atoms with van der Waals surface area (Å²) in [5.41, 5.74) is 12.9. The zero-order valence-corrected chi connectivity index (χ0v) is 39.1. The summed E-state index contributed by atoms with van der Waals surface area (Å²) in [6, 6.07) is -2.19. The molecule has 3 amide bonds. The average molecular weight is 885 g/mol. The second-order valence-corrected chi connectivity index (χ2v) is 24.0. The van der Waals surface area contributed by atoms with Gasteiger partial charge >= 0.3 is 11.9 Å². The molecule has 21 heteroatoms. The number of amides is 3. The molecule has 0 aromatic heterocycles. The molecule has 2 rings (SSSR count). The molecule has 1 aliphatic heterocycles. The van der Waals surface area contributed by atoms with Crippen LogP contribution in [0.3, 0.4) is 0 Å².